The Morgan fingerprint density at radius 1 is 0.941 bits per heavy atom. The first-order valence-electron chi connectivity index (χ1n) is 5.29. The van der Waals surface area contributed by atoms with E-state index in [9.17, 15) is 0 Å². The minimum absolute atomic E-state index is 0.715. The minimum atomic E-state index is 0.715. The summed E-state index contributed by atoms with van der Waals surface area (Å²) in [4.78, 5) is 0. The second-order valence-electron chi connectivity index (χ2n) is 3.63. The topological polar surface area (TPSA) is 9.23 Å². The van der Waals surface area contributed by atoms with Gasteiger partial charge in [0.2, 0.25) is 0 Å². The summed E-state index contributed by atoms with van der Waals surface area (Å²) in [5.74, 6) is 2.67. The highest BCUT2D eigenvalue weighted by atomic mass is 35.5. The Morgan fingerprint density at radius 3 is 2.00 bits per heavy atom. The fourth-order valence-electron chi connectivity index (χ4n) is 1.46. The summed E-state index contributed by atoms with van der Waals surface area (Å²) in [7, 11) is 0. The molecule has 1 nitrogen and oxygen atoms in total. The van der Waals surface area contributed by atoms with Crippen molar-refractivity contribution in [1.82, 2.24) is 0 Å². The molecule has 0 saturated carbocycles. The Balaban J connectivity index is 2.05. The number of halogens is 1. The highest BCUT2D eigenvalue weighted by Gasteiger charge is 1.98. The third-order valence-corrected chi connectivity index (χ3v) is 3.16. The first-order chi connectivity index (χ1) is 8.28. The minimum Gasteiger partial charge on any atom is -0.457 e. The molecule has 0 radical (unpaired) electrons. The molecular formula is C14H13ClOS. The highest BCUT2D eigenvalue weighted by molar-refractivity contribution is 7.97. The van der Waals surface area contributed by atoms with Crippen molar-refractivity contribution in [3.8, 4) is 11.5 Å². The Labute approximate surface area is 111 Å². The largest absolute Gasteiger partial charge is 0.457 e. The van der Waals surface area contributed by atoms with E-state index in [2.05, 4.69) is 18.4 Å². The molecule has 0 saturated heterocycles. The lowest BCUT2D eigenvalue weighted by atomic mass is 10.2. The number of rotatable bonds is 4. The van der Waals surface area contributed by atoms with Gasteiger partial charge in [0.25, 0.3) is 0 Å². The average Bonchev–Trinajstić information content (AvgIpc) is 2.35. The van der Waals surface area contributed by atoms with Crippen molar-refractivity contribution in [1.29, 1.82) is 0 Å². The zero-order valence-electron chi connectivity index (χ0n) is 9.52. The summed E-state index contributed by atoms with van der Waals surface area (Å²) in [5.41, 5.74) is 1.31. The maximum Gasteiger partial charge on any atom is 0.127 e. The van der Waals surface area contributed by atoms with Gasteiger partial charge in [-0.25, -0.2) is 0 Å². The van der Waals surface area contributed by atoms with Gasteiger partial charge in [-0.15, -0.1) is 0 Å². The Morgan fingerprint density at radius 2 is 1.47 bits per heavy atom. The smallest absolute Gasteiger partial charge is 0.127 e. The van der Waals surface area contributed by atoms with Crippen LogP contribution in [0.5, 0.6) is 11.5 Å². The third kappa shape index (κ3) is 3.69. The molecule has 0 aliphatic rings. The van der Waals surface area contributed by atoms with Crippen LogP contribution in [0.3, 0.4) is 0 Å². The fourth-order valence-corrected chi connectivity index (χ4v) is 2.11. The highest BCUT2D eigenvalue weighted by Crippen LogP contribution is 2.23. The van der Waals surface area contributed by atoms with Crippen LogP contribution in [0.4, 0.5) is 0 Å². The standard InChI is InChI=1S/C14H13ClOS/c1-17-10-11-2-6-13(7-3-11)16-14-8-4-12(15)5-9-14/h2-9H,10H2,1H3. The van der Waals surface area contributed by atoms with Gasteiger partial charge in [-0.05, 0) is 48.2 Å². The molecule has 0 atom stereocenters. The van der Waals surface area contributed by atoms with Crippen LogP contribution in [0.15, 0.2) is 48.5 Å². The normalized spacial score (nSPS) is 10.2. The monoisotopic (exact) mass is 264 g/mol. The van der Waals surface area contributed by atoms with Crippen LogP contribution < -0.4 is 4.74 Å². The molecule has 2 rings (SSSR count). The molecule has 0 aliphatic carbocycles. The lowest BCUT2D eigenvalue weighted by Gasteiger charge is -2.06. The summed E-state index contributed by atoms with van der Waals surface area (Å²) in [6.07, 6.45) is 2.10. The first kappa shape index (κ1) is 12.3. The number of thioether (sulfide) groups is 1. The van der Waals surface area contributed by atoms with E-state index in [4.69, 9.17) is 16.3 Å². The molecule has 2 aromatic rings. The first-order valence-corrected chi connectivity index (χ1v) is 7.06. The predicted molar refractivity (Wildman–Crippen MR) is 75.2 cm³/mol. The van der Waals surface area contributed by atoms with Gasteiger partial charge >= 0.3 is 0 Å². The maximum absolute atomic E-state index is 5.81. The second-order valence-corrected chi connectivity index (χ2v) is 4.94. The van der Waals surface area contributed by atoms with E-state index in [0.29, 0.717) is 5.02 Å². The van der Waals surface area contributed by atoms with E-state index in [1.54, 1.807) is 0 Å². The van der Waals surface area contributed by atoms with Crippen molar-refractivity contribution in [2.24, 2.45) is 0 Å². The number of ether oxygens (including phenoxy) is 1. The molecule has 17 heavy (non-hydrogen) atoms. The number of hydrogen-bond donors (Lipinski definition) is 0. The molecular weight excluding hydrogens is 252 g/mol. The summed E-state index contributed by atoms with van der Waals surface area (Å²) >= 11 is 7.62. The van der Waals surface area contributed by atoms with Crippen molar-refractivity contribution >= 4 is 23.4 Å². The van der Waals surface area contributed by atoms with Gasteiger partial charge in [0.15, 0.2) is 0 Å². The van der Waals surface area contributed by atoms with Gasteiger partial charge in [-0.2, -0.15) is 11.8 Å². The number of benzene rings is 2. The van der Waals surface area contributed by atoms with Crippen LogP contribution in [0.25, 0.3) is 0 Å². The molecule has 0 aliphatic heterocycles. The lowest BCUT2D eigenvalue weighted by Crippen LogP contribution is -1.85. The maximum atomic E-state index is 5.81. The molecule has 0 heterocycles. The van der Waals surface area contributed by atoms with E-state index in [1.807, 2.05) is 48.2 Å². The third-order valence-electron chi connectivity index (χ3n) is 2.28. The molecule has 3 heteroatoms. The summed E-state index contributed by atoms with van der Waals surface area (Å²) < 4.78 is 5.70. The SMILES string of the molecule is CSCc1ccc(Oc2ccc(Cl)cc2)cc1. The average molecular weight is 265 g/mol. The van der Waals surface area contributed by atoms with Crippen molar-refractivity contribution in [2.75, 3.05) is 6.26 Å². The second kappa shape index (κ2) is 5.99. The van der Waals surface area contributed by atoms with Crippen molar-refractivity contribution in [2.45, 2.75) is 5.75 Å². The van der Waals surface area contributed by atoms with E-state index >= 15 is 0 Å². The van der Waals surface area contributed by atoms with Crippen LogP contribution >= 0.6 is 23.4 Å². The molecule has 2 aromatic carbocycles. The van der Waals surface area contributed by atoms with Gasteiger partial charge in [0.05, 0.1) is 0 Å². The molecule has 0 bridgehead atoms. The Hall–Kier alpha value is -1.12. The van der Waals surface area contributed by atoms with Crippen LogP contribution in [-0.2, 0) is 5.75 Å². The van der Waals surface area contributed by atoms with Crippen molar-refractivity contribution in [3.63, 3.8) is 0 Å². The lowest BCUT2D eigenvalue weighted by molar-refractivity contribution is 0.482. The van der Waals surface area contributed by atoms with Gasteiger partial charge < -0.3 is 4.74 Å². The zero-order valence-corrected chi connectivity index (χ0v) is 11.1. The van der Waals surface area contributed by atoms with Crippen LogP contribution in [0.1, 0.15) is 5.56 Å². The Bertz CT molecular complexity index is 465. The van der Waals surface area contributed by atoms with Crippen LogP contribution in [0, 0.1) is 0 Å². The van der Waals surface area contributed by atoms with E-state index in [0.717, 1.165) is 17.3 Å². The van der Waals surface area contributed by atoms with E-state index in [1.165, 1.54) is 5.56 Å². The molecule has 0 amide bonds. The summed E-state index contributed by atoms with van der Waals surface area (Å²) in [5, 5.41) is 0.715. The molecule has 0 spiro atoms. The molecule has 0 N–H and O–H groups in total. The summed E-state index contributed by atoms with van der Waals surface area (Å²) in [6.45, 7) is 0. The quantitative estimate of drug-likeness (QED) is 0.769. The molecule has 0 unspecified atom stereocenters. The Kier molecular flexibility index (Phi) is 4.35. The van der Waals surface area contributed by atoms with Crippen LogP contribution in [0.2, 0.25) is 5.02 Å². The van der Waals surface area contributed by atoms with Gasteiger partial charge in [-0.1, -0.05) is 23.7 Å². The molecule has 88 valence electrons. The predicted octanol–water partition coefficient (Wildman–Crippen LogP) is 5.00. The van der Waals surface area contributed by atoms with Gasteiger partial charge in [0.1, 0.15) is 11.5 Å². The van der Waals surface area contributed by atoms with Crippen LogP contribution in [-0.4, -0.2) is 6.26 Å². The van der Waals surface area contributed by atoms with Gasteiger partial charge in [-0.3, -0.25) is 0 Å². The van der Waals surface area contributed by atoms with E-state index < -0.39 is 0 Å². The summed E-state index contributed by atoms with van der Waals surface area (Å²) in [6, 6.07) is 15.5. The number of hydrogen-bond acceptors (Lipinski definition) is 2. The molecule has 0 aromatic heterocycles. The van der Waals surface area contributed by atoms with E-state index in [-0.39, 0.29) is 0 Å². The fraction of sp³-hybridized carbons (Fsp3) is 0.143. The molecule has 0 fully saturated rings. The zero-order chi connectivity index (χ0) is 12.1. The van der Waals surface area contributed by atoms with Crippen molar-refractivity contribution < 1.29 is 4.74 Å². The van der Waals surface area contributed by atoms with Crippen molar-refractivity contribution in [3.05, 3.63) is 59.1 Å². The van der Waals surface area contributed by atoms with Gasteiger partial charge in [0, 0.05) is 10.8 Å².